The molecule has 6 heteroatoms. The van der Waals surface area contributed by atoms with E-state index < -0.39 is 5.97 Å². The van der Waals surface area contributed by atoms with E-state index in [-0.39, 0.29) is 17.9 Å². The minimum atomic E-state index is -0.751. The molecule has 0 bridgehead atoms. The summed E-state index contributed by atoms with van der Waals surface area (Å²) in [4.78, 5) is 30.8. The molecular formula is C13H19N3O3. The van der Waals surface area contributed by atoms with Gasteiger partial charge in [0.1, 0.15) is 5.82 Å². The van der Waals surface area contributed by atoms with Crippen LogP contribution in [-0.4, -0.2) is 34.1 Å². The lowest BCUT2D eigenvalue weighted by Crippen LogP contribution is -2.39. The molecule has 1 saturated heterocycles. The van der Waals surface area contributed by atoms with Crippen LogP contribution in [0.4, 0.5) is 5.82 Å². The van der Waals surface area contributed by atoms with Crippen LogP contribution >= 0.6 is 0 Å². The molecule has 2 rings (SSSR count). The number of anilines is 1. The summed E-state index contributed by atoms with van der Waals surface area (Å²) in [6.07, 6.45) is 3.64. The number of rotatable bonds is 4. The minimum absolute atomic E-state index is 0.141. The summed E-state index contributed by atoms with van der Waals surface area (Å²) in [6, 6.07) is 1.49. The van der Waals surface area contributed by atoms with Crippen molar-refractivity contribution in [3.05, 3.63) is 22.7 Å². The highest BCUT2D eigenvalue weighted by Crippen LogP contribution is 2.27. The van der Waals surface area contributed by atoms with Gasteiger partial charge >= 0.3 is 5.97 Å². The molecule has 0 saturated carbocycles. The molecule has 2 N–H and O–H groups in total. The fourth-order valence-corrected chi connectivity index (χ4v) is 2.66. The fraction of sp³-hybridized carbons (Fsp3) is 0.615. The topological polar surface area (TPSA) is 86.3 Å². The van der Waals surface area contributed by atoms with Gasteiger partial charge in [0.2, 0.25) is 0 Å². The van der Waals surface area contributed by atoms with E-state index in [9.17, 15) is 9.59 Å². The van der Waals surface area contributed by atoms with Gasteiger partial charge in [-0.15, -0.1) is 0 Å². The number of H-pyrrole nitrogens is 1. The van der Waals surface area contributed by atoms with Crippen LogP contribution in [0, 0.1) is 11.8 Å². The van der Waals surface area contributed by atoms with Crippen molar-refractivity contribution in [1.82, 2.24) is 9.97 Å². The lowest BCUT2D eigenvalue weighted by molar-refractivity contribution is -0.138. The van der Waals surface area contributed by atoms with Crippen LogP contribution in [0.25, 0.3) is 0 Å². The molecule has 2 atom stereocenters. The molecule has 0 radical (unpaired) electrons. The molecule has 6 nitrogen and oxygen atoms in total. The zero-order valence-electron chi connectivity index (χ0n) is 11.0. The van der Waals surface area contributed by atoms with Gasteiger partial charge in [-0.25, -0.2) is 4.98 Å². The number of nitrogens with zero attached hydrogens (tertiary/aromatic N) is 2. The molecule has 104 valence electrons. The summed E-state index contributed by atoms with van der Waals surface area (Å²) >= 11 is 0. The second kappa shape index (κ2) is 5.86. The largest absolute Gasteiger partial charge is 0.481 e. The third kappa shape index (κ3) is 3.56. The van der Waals surface area contributed by atoms with Crippen LogP contribution in [-0.2, 0) is 4.79 Å². The van der Waals surface area contributed by atoms with E-state index in [0.717, 1.165) is 25.9 Å². The van der Waals surface area contributed by atoms with Crippen LogP contribution < -0.4 is 10.5 Å². The van der Waals surface area contributed by atoms with Crippen molar-refractivity contribution in [2.75, 3.05) is 18.0 Å². The molecule has 0 spiro atoms. The van der Waals surface area contributed by atoms with E-state index >= 15 is 0 Å². The Bertz CT molecular complexity index is 500. The SMILES string of the molecule is CC(CC(=O)O)C1CCCN(c2cc(=O)[nH]cn2)C1. The molecule has 0 aromatic carbocycles. The van der Waals surface area contributed by atoms with Gasteiger partial charge in [-0.05, 0) is 24.7 Å². The Morgan fingerprint density at radius 3 is 3.16 bits per heavy atom. The van der Waals surface area contributed by atoms with Gasteiger partial charge in [-0.3, -0.25) is 9.59 Å². The number of hydrogen-bond acceptors (Lipinski definition) is 4. The number of hydrogen-bond donors (Lipinski definition) is 2. The van der Waals surface area contributed by atoms with Crippen LogP contribution in [0.15, 0.2) is 17.2 Å². The van der Waals surface area contributed by atoms with Gasteiger partial charge in [-0.2, -0.15) is 0 Å². The number of aromatic amines is 1. The molecule has 1 aromatic rings. The first kappa shape index (κ1) is 13.6. The van der Waals surface area contributed by atoms with Crippen LogP contribution in [0.3, 0.4) is 0 Å². The normalized spacial score (nSPS) is 21.1. The maximum absolute atomic E-state index is 11.3. The number of aliphatic carboxylic acids is 1. The van der Waals surface area contributed by atoms with Gasteiger partial charge in [0.05, 0.1) is 6.33 Å². The van der Waals surface area contributed by atoms with Crippen molar-refractivity contribution in [1.29, 1.82) is 0 Å². The number of carboxylic acids is 1. The van der Waals surface area contributed by atoms with Gasteiger partial charge in [0.15, 0.2) is 0 Å². The summed E-state index contributed by atoms with van der Waals surface area (Å²) in [5, 5.41) is 8.86. The van der Waals surface area contributed by atoms with Gasteiger partial charge < -0.3 is 15.0 Å². The maximum Gasteiger partial charge on any atom is 0.303 e. The van der Waals surface area contributed by atoms with Gasteiger partial charge in [0, 0.05) is 25.6 Å². The molecule has 1 fully saturated rings. The van der Waals surface area contributed by atoms with Crippen molar-refractivity contribution in [2.45, 2.75) is 26.2 Å². The van der Waals surface area contributed by atoms with E-state index in [1.165, 1.54) is 12.4 Å². The average molecular weight is 265 g/mol. The molecule has 1 aliphatic heterocycles. The Hall–Kier alpha value is -1.85. The Morgan fingerprint density at radius 2 is 2.47 bits per heavy atom. The average Bonchev–Trinajstić information content (AvgIpc) is 2.38. The number of nitrogens with one attached hydrogen (secondary N) is 1. The predicted octanol–water partition coefficient (Wildman–Crippen LogP) is 1.10. The second-order valence-corrected chi connectivity index (χ2v) is 5.19. The molecule has 1 aromatic heterocycles. The summed E-state index contributed by atoms with van der Waals surface area (Å²) in [7, 11) is 0. The van der Waals surface area contributed by atoms with E-state index in [1.54, 1.807) is 0 Å². The minimum Gasteiger partial charge on any atom is -0.481 e. The Kier molecular flexibility index (Phi) is 4.19. The highest BCUT2D eigenvalue weighted by Gasteiger charge is 2.26. The zero-order chi connectivity index (χ0) is 13.8. The molecular weight excluding hydrogens is 246 g/mol. The molecule has 0 aliphatic carbocycles. The maximum atomic E-state index is 11.3. The molecule has 0 amide bonds. The van der Waals surface area contributed by atoms with Gasteiger partial charge in [-0.1, -0.05) is 6.92 Å². The third-order valence-electron chi connectivity index (χ3n) is 3.75. The lowest BCUT2D eigenvalue weighted by Gasteiger charge is -2.36. The van der Waals surface area contributed by atoms with E-state index in [2.05, 4.69) is 14.9 Å². The summed E-state index contributed by atoms with van der Waals surface area (Å²) in [5.74, 6) is 0.406. The molecule has 2 unspecified atom stereocenters. The van der Waals surface area contributed by atoms with Crippen LogP contribution in [0.1, 0.15) is 26.2 Å². The number of carbonyl (C=O) groups is 1. The first-order chi connectivity index (χ1) is 9.06. The van der Waals surface area contributed by atoms with Crippen LogP contribution in [0.2, 0.25) is 0 Å². The lowest BCUT2D eigenvalue weighted by atomic mass is 9.85. The monoisotopic (exact) mass is 265 g/mol. The van der Waals surface area contributed by atoms with E-state index in [4.69, 9.17) is 5.11 Å². The zero-order valence-corrected chi connectivity index (χ0v) is 11.0. The standard InChI is InChI=1S/C13H19N3O3/c1-9(5-13(18)19)10-3-2-4-16(7-10)11-6-12(17)15-8-14-11/h6,8-10H,2-5,7H2,1H3,(H,18,19)(H,14,15,17). The van der Waals surface area contributed by atoms with Crippen molar-refractivity contribution in [2.24, 2.45) is 11.8 Å². The van der Waals surface area contributed by atoms with Crippen molar-refractivity contribution in [3.63, 3.8) is 0 Å². The number of piperidine rings is 1. The highest BCUT2D eigenvalue weighted by atomic mass is 16.4. The molecule has 2 heterocycles. The molecule has 19 heavy (non-hydrogen) atoms. The third-order valence-corrected chi connectivity index (χ3v) is 3.75. The second-order valence-electron chi connectivity index (χ2n) is 5.19. The van der Waals surface area contributed by atoms with Crippen molar-refractivity contribution < 1.29 is 9.90 Å². The van der Waals surface area contributed by atoms with Crippen molar-refractivity contribution >= 4 is 11.8 Å². The van der Waals surface area contributed by atoms with Gasteiger partial charge in [0.25, 0.3) is 5.56 Å². The first-order valence-corrected chi connectivity index (χ1v) is 6.57. The number of carboxylic acid groups (broad SMARTS) is 1. The van der Waals surface area contributed by atoms with Crippen molar-refractivity contribution in [3.8, 4) is 0 Å². The quantitative estimate of drug-likeness (QED) is 0.851. The summed E-state index contributed by atoms with van der Waals surface area (Å²) in [5.41, 5.74) is -0.161. The first-order valence-electron chi connectivity index (χ1n) is 6.57. The fourth-order valence-electron chi connectivity index (χ4n) is 2.66. The summed E-state index contributed by atoms with van der Waals surface area (Å²) < 4.78 is 0. The highest BCUT2D eigenvalue weighted by molar-refractivity contribution is 5.67. The van der Waals surface area contributed by atoms with Crippen LogP contribution in [0.5, 0.6) is 0 Å². The summed E-state index contributed by atoms with van der Waals surface area (Å²) in [6.45, 7) is 3.62. The Labute approximate surface area is 111 Å². The smallest absolute Gasteiger partial charge is 0.303 e. The molecule has 1 aliphatic rings. The van der Waals surface area contributed by atoms with E-state index in [1.807, 2.05) is 6.92 Å². The predicted molar refractivity (Wildman–Crippen MR) is 71.2 cm³/mol. The number of aromatic nitrogens is 2. The van der Waals surface area contributed by atoms with E-state index in [0.29, 0.717) is 11.7 Å². The Morgan fingerprint density at radius 1 is 1.68 bits per heavy atom. The Balaban J connectivity index is 2.04.